The number of nitrogens with zero attached hydrogens (tertiary/aromatic N) is 2. The fourth-order valence-electron chi connectivity index (χ4n) is 2.61. The lowest BCUT2D eigenvalue weighted by atomic mass is 9.94. The first-order valence-corrected chi connectivity index (χ1v) is 6.98. The van der Waals surface area contributed by atoms with Gasteiger partial charge in [0.1, 0.15) is 6.10 Å². The van der Waals surface area contributed by atoms with E-state index in [4.69, 9.17) is 18.7 Å². The molecule has 2 aromatic rings. The lowest BCUT2D eigenvalue weighted by Gasteiger charge is -2.29. The van der Waals surface area contributed by atoms with E-state index in [9.17, 15) is 5.11 Å². The van der Waals surface area contributed by atoms with Crippen molar-refractivity contribution in [2.75, 3.05) is 20.8 Å². The molecule has 0 unspecified atom stereocenters. The fourth-order valence-corrected chi connectivity index (χ4v) is 2.61. The van der Waals surface area contributed by atoms with Gasteiger partial charge < -0.3 is 23.8 Å². The molecule has 2 heterocycles. The minimum Gasteiger partial charge on any atom is -0.379 e. The normalized spacial score (nSPS) is 25.0. The Bertz CT molecular complexity index is 613. The van der Waals surface area contributed by atoms with Crippen LogP contribution in [0.15, 0.2) is 34.9 Å². The number of methoxy groups -OCH3 is 2. The average Bonchev–Trinajstić information content (AvgIpc) is 3.18. The number of benzene rings is 1. The maximum atomic E-state index is 10.9. The molecule has 1 fully saturated rings. The van der Waals surface area contributed by atoms with Crippen molar-refractivity contribution in [2.45, 2.75) is 24.4 Å². The first kappa shape index (κ1) is 15.1. The molecule has 0 amide bonds. The number of hydrogen-bond donors (Lipinski definition) is 1. The lowest BCUT2D eigenvalue weighted by Crippen LogP contribution is -2.45. The van der Waals surface area contributed by atoms with Crippen molar-refractivity contribution in [2.24, 2.45) is 0 Å². The summed E-state index contributed by atoms with van der Waals surface area (Å²) >= 11 is 0. The summed E-state index contributed by atoms with van der Waals surface area (Å²) in [5.41, 5.74) is -0.622. The molecule has 2 atom stereocenters. The summed E-state index contributed by atoms with van der Waals surface area (Å²) < 4.78 is 21.2. The third-order valence-corrected chi connectivity index (χ3v) is 3.80. The van der Waals surface area contributed by atoms with Crippen molar-refractivity contribution in [3.05, 3.63) is 36.2 Å². The fraction of sp³-hybridized carbons (Fsp3) is 0.467. The minimum atomic E-state index is -1.41. The van der Waals surface area contributed by atoms with Crippen LogP contribution in [-0.4, -0.2) is 48.5 Å². The summed E-state index contributed by atoms with van der Waals surface area (Å²) in [5, 5.41) is 14.9. The Kier molecular flexibility index (Phi) is 4.21. The van der Waals surface area contributed by atoms with Gasteiger partial charge >= 0.3 is 0 Å². The van der Waals surface area contributed by atoms with Gasteiger partial charge in [-0.05, 0) is 12.1 Å². The summed E-state index contributed by atoms with van der Waals surface area (Å²) in [7, 11) is 2.98. The van der Waals surface area contributed by atoms with E-state index in [1.165, 1.54) is 14.2 Å². The second-order valence-corrected chi connectivity index (χ2v) is 5.09. The highest BCUT2D eigenvalue weighted by Gasteiger charge is 2.52. The second-order valence-electron chi connectivity index (χ2n) is 5.09. The molecule has 1 aliphatic rings. The zero-order valence-corrected chi connectivity index (χ0v) is 12.4. The summed E-state index contributed by atoms with van der Waals surface area (Å²) in [6, 6.07) is 9.37. The molecule has 3 rings (SSSR count). The predicted molar refractivity (Wildman–Crippen MR) is 75.8 cm³/mol. The smallest absolute Gasteiger partial charge is 0.258 e. The van der Waals surface area contributed by atoms with Gasteiger partial charge in [0.25, 0.3) is 5.89 Å². The van der Waals surface area contributed by atoms with E-state index in [1.54, 1.807) is 0 Å². The Labute approximate surface area is 127 Å². The third-order valence-electron chi connectivity index (χ3n) is 3.80. The summed E-state index contributed by atoms with van der Waals surface area (Å²) in [6.07, 6.45) is -1.09. The van der Waals surface area contributed by atoms with Crippen molar-refractivity contribution in [3.8, 4) is 11.5 Å². The SMILES string of the molecule is COC(OC)[C@H]1OCC[C@]1(O)c1noc(-c2ccccc2)n1. The molecule has 118 valence electrons. The van der Waals surface area contributed by atoms with Crippen LogP contribution in [0.3, 0.4) is 0 Å². The molecule has 1 aromatic carbocycles. The first-order valence-electron chi connectivity index (χ1n) is 6.98. The van der Waals surface area contributed by atoms with Crippen LogP contribution in [0.5, 0.6) is 0 Å². The van der Waals surface area contributed by atoms with Crippen LogP contribution in [0.2, 0.25) is 0 Å². The van der Waals surface area contributed by atoms with Gasteiger partial charge in [0.15, 0.2) is 11.9 Å². The van der Waals surface area contributed by atoms with E-state index in [1.807, 2.05) is 30.3 Å². The van der Waals surface area contributed by atoms with Gasteiger partial charge in [-0.1, -0.05) is 23.4 Å². The number of ether oxygens (including phenoxy) is 3. The summed E-state index contributed by atoms with van der Waals surface area (Å²) in [5.74, 6) is 0.522. The van der Waals surface area contributed by atoms with Gasteiger partial charge in [-0.15, -0.1) is 0 Å². The van der Waals surface area contributed by atoms with Crippen LogP contribution in [0.1, 0.15) is 12.2 Å². The number of aliphatic hydroxyl groups is 1. The molecule has 1 N–H and O–H groups in total. The average molecular weight is 306 g/mol. The molecule has 0 saturated carbocycles. The molecule has 0 spiro atoms. The van der Waals surface area contributed by atoms with Crippen molar-refractivity contribution in [1.82, 2.24) is 10.1 Å². The van der Waals surface area contributed by atoms with E-state index in [-0.39, 0.29) is 5.82 Å². The van der Waals surface area contributed by atoms with Gasteiger partial charge in [-0.3, -0.25) is 0 Å². The zero-order chi connectivity index (χ0) is 15.6. The van der Waals surface area contributed by atoms with Gasteiger partial charge in [0, 0.05) is 26.2 Å². The van der Waals surface area contributed by atoms with Gasteiger partial charge in [0.2, 0.25) is 5.82 Å². The molecule has 1 aromatic heterocycles. The Morgan fingerprint density at radius 1 is 1.27 bits per heavy atom. The standard InChI is InChI=1S/C15H18N2O5/c1-19-13(20-2)11-15(18,8-9-21-11)14-16-12(22-17-14)10-6-4-3-5-7-10/h3-7,11,13,18H,8-9H2,1-2H3/t11-,15-/m1/s1. The van der Waals surface area contributed by atoms with Crippen LogP contribution in [-0.2, 0) is 19.8 Å². The molecule has 0 radical (unpaired) electrons. The molecule has 1 saturated heterocycles. The Balaban J connectivity index is 1.91. The number of rotatable bonds is 5. The molecule has 1 aliphatic heterocycles. The second kappa shape index (κ2) is 6.13. The topological polar surface area (TPSA) is 86.8 Å². The van der Waals surface area contributed by atoms with Gasteiger partial charge in [-0.2, -0.15) is 4.98 Å². The predicted octanol–water partition coefficient (Wildman–Crippen LogP) is 1.33. The number of hydrogen-bond acceptors (Lipinski definition) is 7. The molecule has 7 nitrogen and oxygen atoms in total. The minimum absolute atomic E-state index is 0.174. The molecule has 0 bridgehead atoms. The molecular formula is C15H18N2O5. The lowest BCUT2D eigenvalue weighted by molar-refractivity contribution is -0.210. The zero-order valence-electron chi connectivity index (χ0n) is 12.4. The summed E-state index contributed by atoms with van der Waals surface area (Å²) in [4.78, 5) is 4.32. The van der Waals surface area contributed by atoms with Crippen LogP contribution < -0.4 is 0 Å². The molecule has 22 heavy (non-hydrogen) atoms. The van der Waals surface area contributed by atoms with E-state index in [0.717, 1.165) is 5.56 Å². The third kappa shape index (κ3) is 2.52. The maximum absolute atomic E-state index is 10.9. The van der Waals surface area contributed by atoms with Crippen LogP contribution in [0.25, 0.3) is 11.5 Å². The largest absolute Gasteiger partial charge is 0.379 e. The Morgan fingerprint density at radius 2 is 2.00 bits per heavy atom. The van der Waals surface area contributed by atoms with Crippen LogP contribution in [0, 0.1) is 0 Å². The van der Waals surface area contributed by atoms with Crippen molar-refractivity contribution >= 4 is 0 Å². The monoisotopic (exact) mass is 306 g/mol. The quantitative estimate of drug-likeness (QED) is 0.834. The van der Waals surface area contributed by atoms with Crippen molar-refractivity contribution in [1.29, 1.82) is 0 Å². The highest BCUT2D eigenvalue weighted by atomic mass is 16.7. The van der Waals surface area contributed by atoms with Crippen LogP contribution >= 0.6 is 0 Å². The van der Waals surface area contributed by atoms with Gasteiger partial charge in [-0.25, -0.2) is 0 Å². The number of aromatic nitrogens is 2. The Hall–Kier alpha value is -1.80. The summed E-state index contributed by atoms with van der Waals surface area (Å²) in [6.45, 7) is 0.361. The Morgan fingerprint density at radius 3 is 2.68 bits per heavy atom. The van der Waals surface area contributed by atoms with E-state index >= 15 is 0 Å². The van der Waals surface area contributed by atoms with E-state index < -0.39 is 18.0 Å². The molecule has 7 heteroatoms. The van der Waals surface area contributed by atoms with Crippen LogP contribution in [0.4, 0.5) is 0 Å². The van der Waals surface area contributed by atoms with Crippen molar-refractivity contribution < 1.29 is 23.8 Å². The van der Waals surface area contributed by atoms with E-state index in [2.05, 4.69) is 10.1 Å². The highest BCUT2D eigenvalue weighted by molar-refractivity contribution is 5.52. The van der Waals surface area contributed by atoms with E-state index in [0.29, 0.717) is 18.9 Å². The van der Waals surface area contributed by atoms with Gasteiger partial charge in [0.05, 0.1) is 6.61 Å². The first-order chi connectivity index (χ1) is 10.7. The molecular weight excluding hydrogens is 288 g/mol. The maximum Gasteiger partial charge on any atom is 0.258 e. The van der Waals surface area contributed by atoms with Crippen molar-refractivity contribution in [3.63, 3.8) is 0 Å². The molecule has 0 aliphatic carbocycles. The highest BCUT2D eigenvalue weighted by Crippen LogP contribution is 2.37.